The molecule has 1 heterocycles. The number of anilines is 1. The third-order valence-electron chi connectivity index (χ3n) is 4.78. The van der Waals surface area contributed by atoms with E-state index in [1.54, 1.807) is 0 Å². The van der Waals surface area contributed by atoms with E-state index in [-0.39, 0.29) is 12.0 Å². The minimum absolute atomic E-state index is 0.0276. The molecule has 1 N–H and O–H groups in total. The molecule has 2 fully saturated rings. The van der Waals surface area contributed by atoms with E-state index >= 15 is 0 Å². The van der Waals surface area contributed by atoms with Gasteiger partial charge in [-0.2, -0.15) is 0 Å². The Morgan fingerprint density at radius 2 is 2.00 bits per heavy atom. The Morgan fingerprint density at radius 1 is 1.26 bits per heavy atom. The highest BCUT2D eigenvalue weighted by Gasteiger charge is 2.35. The first kappa shape index (κ1) is 12.9. The zero-order chi connectivity index (χ0) is 13.3. The average molecular weight is 265 g/mol. The van der Waals surface area contributed by atoms with Crippen molar-refractivity contribution in [1.82, 2.24) is 10.2 Å². The molecular formula is C14H23N3O2. The van der Waals surface area contributed by atoms with Gasteiger partial charge >= 0.3 is 6.01 Å². The second-order valence-electron chi connectivity index (χ2n) is 6.27. The van der Waals surface area contributed by atoms with Crippen LogP contribution in [0.15, 0.2) is 4.42 Å². The number of rotatable bonds is 5. The van der Waals surface area contributed by atoms with Crippen LogP contribution in [0.3, 0.4) is 0 Å². The maximum Gasteiger partial charge on any atom is 0.317 e. The predicted molar refractivity (Wildman–Crippen MR) is 72.1 cm³/mol. The summed E-state index contributed by atoms with van der Waals surface area (Å²) in [4.78, 5) is 2.01. The second-order valence-corrected chi connectivity index (χ2v) is 6.27. The molecule has 0 amide bonds. The molecule has 19 heavy (non-hydrogen) atoms. The monoisotopic (exact) mass is 265 g/mol. The molecule has 0 aromatic carbocycles. The molecule has 3 rings (SSSR count). The van der Waals surface area contributed by atoms with Crippen LogP contribution in [0.2, 0.25) is 0 Å². The first-order chi connectivity index (χ1) is 9.22. The largest absolute Gasteiger partial charge is 0.408 e. The number of hydrogen-bond donors (Lipinski definition) is 1. The van der Waals surface area contributed by atoms with Gasteiger partial charge in [-0.1, -0.05) is 24.4 Å². The maximum absolute atomic E-state index is 9.66. The summed E-state index contributed by atoms with van der Waals surface area (Å²) in [6.07, 6.45) is 8.23. The zero-order valence-electron chi connectivity index (χ0n) is 11.6. The summed E-state index contributed by atoms with van der Waals surface area (Å²) in [6, 6.07) is 0.599. The van der Waals surface area contributed by atoms with Crippen molar-refractivity contribution in [2.75, 3.05) is 25.1 Å². The Labute approximate surface area is 114 Å². The minimum Gasteiger partial charge on any atom is -0.408 e. The summed E-state index contributed by atoms with van der Waals surface area (Å²) in [5.41, 5.74) is 0.0276. The molecule has 0 saturated heterocycles. The van der Waals surface area contributed by atoms with E-state index in [2.05, 4.69) is 10.2 Å². The van der Waals surface area contributed by atoms with Crippen LogP contribution in [-0.4, -0.2) is 35.5 Å². The number of nitrogens with zero attached hydrogens (tertiary/aromatic N) is 3. The Kier molecular flexibility index (Phi) is 3.48. The summed E-state index contributed by atoms with van der Waals surface area (Å²) in [5.74, 6) is 1.27. The van der Waals surface area contributed by atoms with Gasteiger partial charge in [0.2, 0.25) is 5.89 Å². The summed E-state index contributed by atoms with van der Waals surface area (Å²) in [7, 11) is 1.98. The van der Waals surface area contributed by atoms with E-state index in [0.29, 0.717) is 11.9 Å². The fourth-order valence-corrected chi connectivity index (χ4v) is 3.26. The van der Waals surface area contributed by atoms with Crippen molar-refractivity contribution in [2.24, 2.45) is 5.41 Å². The lowest BCUT2D eigenvalue weighted by molar-refractivity contribution is 0.135. The summed E-state index contributed by atoms with van der Waals surface area (Å²) in [6.45, 7) is 1.05. The van der Waals surface area contributed by atoms with E-state index < -0.39 is 0 Å². The van der Waals surface area contributed by atoms with Crippen LogP contribution in [-0.2, 0) is 0 Å². The minimum atomic E-state index is 0.0276. The quantitative estimate of drug-likeness (QED) is 0.885. The van der Waals surface area contributed by atoms with Gasteiger partial charge in [0.15, 0.2) is 0 Å². The van der Waals surface area contributed by atoms with Crippen LogP contribution in [0.4, 0.5) is 6.01 Å². The Bertz CT molecular complexity index is 422. The van der Waals surface area contributed by atoms with E-state index in [1.165, 1.54) is 32.1 Å². The molecule has 0 bridgehead atoms. The molecule has 1 aromatic rings. The van der Waals surface area contributed by atoms with Gasteiger partial charge in [-0.25, -0.2) is 0 Å². The SMILES string of the molecule is CN(CC1(CO)CCCC1)c1nnc(C2CCC2)o1. The molecule has 1 aromatic heterocycles. The van der Waals surface area contributed by atoms with E-state index in [1.807, 2.05) is 11.9 Å². The van der Waals surface area contributed by atoms with Gasteiger partial charge in [0.1, 0.15) is 0 Å². The van der Waals surface area contributed by atoms with Crippen molar-refractivity contribution in [3.8, 4) is 0 Å². The maximum atomic E-state index is 9.66. The smallest absolute Gasteiger partial charge is 0.317 e. The number of hydrogen-bond acceptors (Lipinski definition) is 5. The fraction of sp³-hybridized carbons (Fsp3) is 0.857. The lowest BCUT2D eigenvalue weighted by atomic mass is 9.85. The van der Waals surface area contributed by atoms with Crippen LogP contribution < -0.4 is 4.90 Å². The van der Waals surface area contributed by atoms with Crippen LogP contribution in [0.1, 0.15) is 56.8 Å². The van der Waals surface area contributed by atoms with Crippen LogP contribution in [0.25, 0.3) is 0 Å². The summed E-state index contributed by atoms with van der Waals surface area (Å²) >= 11 is 0. The van der Waals surface area contributed by atoms with Crippen LogP contribution in [0.5, 0.6) is 0 Å². The molecule has 106 valence electrons. The molecule has 2 saturated carbocycles. The molecule has 5 nitrogen and oxygen atoms in total. The van der Waals surface area contributed by atoms with Crippen molar-refractivity contribution in [2.45, 2.75) is 50.9 Å². The van der Waals surface area contributed by atoms with Crippen LogP contribution in [0, 0.1) is 5.41 Å². The normalized spacial score (nSPS) is 22.4. The Morgan fingerprint density at radius 3 is 2.58 bits per heavy atom. The molecule has 0 radical (unpaired) electrons. The lowest BCUT2D eigenvalue weighted by Gasteiger charge is -2.30. The predicted octanol–water partition coefficient (Wildman–Crippen LogP) is 2.33. The van der Waals surface area contributed by atoms with Gasteiger partial charge in [0.05, 0.1) is 6.61 Å². The average Bonchev–Trinajstić information content (AvgIpc) is 2.97. The Hall–Kier alpha value is -1.10. The first-order valence-electron chi connectivity index (χ1n) is 7.38. The third-order valence-corrected chi connectivity index (χ3v) is 4.78. The first-order valence-corrected chi connectivity index (χ1v) is 7.38. The van der Waals surface area contributed by atoms with Gasteiger partial charge < -0.3 is 14.4 Å². The van der Waals surface area contributed by atoms with Crippen molar-refractivity contribution < 1.29 is 9.52 Å². The standard InChI is InChI=1S/C14H23N3O2/c1-17(9-14(10-18)7-2-3-8-14)13-16-15-12(19-13)11-5-4-6-11/h11,18H,2-10H2,1H3. The number of aliphatic hydroxyl groups is 1. The molecular weight excluding hydrogens is 242 g/mol. The molecule has 0 unspecified atom stereocenters. The third kappa shape index (κ3) is 2.48. The molecule has 2 aliphatic carbocycles. The molecule has 5 heteroatoms. The second kappa shape index (κ2) is 5.12. The van der Waals surface area contributed by atoms with Crippen molar-refractivity contribution in [3.63, 3.8) is 0 Å². The van der Waals surface area contributed by atoms with Crippen molar-refractivity contribution in [1.29, 1.82) is 0 Å². The van der Waals surface area contributed by atoms with Crippen LogP contribution >= 0.6 is 0 Å². The number of aromatic nitrogens is 2. The highest BCUT2D eigenvalue weighted by Crippen LogP contribution is 2.39. The lowest BCUT2D eigenvalue weighted by Crippen LogP contribution is -2.36. The van der Waals surface area contributed by atoms with Crippen molar-refractivity contribution >= 4 is 6.01 Å². The molecule has 0 atom stereocenters. The van der Waals surface area contributed by atoms with Gasteiger partial charge in [-0.05, 0) is 25.7 Å². The summed E-state index contributed by atoms with van der Waals surface area (Å²) in [5, 5.41) is 18.0. The molecule has 0 spiro atoms. The molecule has 0 aliphatic heterocycles. The Balaban J connectivity index is 1.65. The van der Waals surface area contributed by atoms with Gasteiger partial charge in [-0.15, -0.1) is 5.10 Å². The van der Waals surface area contributed by atoms with E-state index in [4.69, 9.17) is 4.42 Å². The van der Waals surface area contributed by atoms with E-state index in [0.717, 1.165) is 25.3 Å². The topological polar surface area (TPSA) is 62.4 Å². The van der Waals surface area contributed by atoms with Gasteiger partial charge in [0.25, 0.3) is 0 Å². The highest BCUT2D eigenvalue weighted by atomic mass is 16.4. The zero-order valence-corrected chi connectivity index (χ0v) is 11.6. The summed E-state index contributed by atoms with van der Waals surface area (Å²) < 4.78 is 5.77. The highest BCUT2D eigenvalue weighted by molar-refractivity contribution is 5.24. The van der Waals surface area contributed by atoms with Crippen molar-refractivity contribution in [3.05, 3.63) is 5.89 Å². The van der Waals surface area contributed by atoms with Gasteiger partial charge in [0, 0.05) is 24.9 Å². The van der Waals surface area contributed by atoms with Gasteiger partial charge in [-0.3, -0.25) is 0 Å². The fourth-order valence-electron chi connectivity index (χ4n) is 3.26. The number of aliphatic hydroxyl groups excluding tert-OH is 1. The molecule has 2 aliphatic rings. The van der Waals surface area contributed by atoms with E-state index in [9.17, 15) is 5.11 Å².